The third-order valence-corrected chi connectivity index (χ3v) is 4.83. The topological polar surface area (TPSA) is 76.0 Å². The van der Waals surface area contributed by atoms with Crippen LogP contribution in [0.15, 0.2) is 60.7 Å². The summed E-state index contributed by atoms with van der Waals surface area (Å²) < 4.78 is 63.8. The maximum atomic E-state index is 14.5. The van der Waals surface area contributed by atoms with E-state index < -0.39 is 42.8 Å². The minimum absolute atomic E-state index is 0.0266. The number of hydrogen-bond acceptors (Lipinski definition) is 4. The molecule has 2 N–H and O–H groups in total. The van der Waals surface area contributed by atoms with Crippen LogP contribution in [0, 0.1) is 12.7 Å². The Balaban J connectivity index is 1.84. The standard InChI is InChI=1S/C24H20F4O5/c1-14-10-18(7-9-21(14)32-13-23(30)31)33-22(12-29)19-11-16(4-8-20(19)25)15-2-5-17(6-3-15)24(26,27)28/h2-11,22,29H,12-13H2,1H3,(H,30,31). The zero-order valence-electron chi connectivity index (χ0n) is 17.4. The maximum absolute atomic E-state index is 14.5. The number of carboxylic acids is 1. The highest BCUT2D eigenvalue weighted by molar-refractivity contribution is 5.68. The molecule has 1 unspecified atom stereocenters. The first-order chi connectivity index (χ1) is 15.6. The average Bonchev–Trinajstić information content (AvgIpc) is 2.77. The summed E-state index contributed by atoms with van der Waals surface area (Å²) in [6.07, 6.45) is -5.56. The summed E-state index contributed by atoms with van der Waals surface area (Å²) >= 11 is 0. The summed E-state index contributed by atoms with van der Waals surface area (Å²) in [5, 5.41) is 18.5. The minimum atomic E-state index is -4.46. The molecule has 0 radical (unpaired) electrons. The van der Waals surface area contributed by atoms with Gasteiger partial charge in [0.05, 0.1) is 12.2 Å². The molecule has 3 aromatic carbocycles. The number of aliphatic hydroxyl groups is 1. The van der Waals surface area contributed by atoms with E-state index >= 15 is 0 Å². The molecule has 0 amide bonds. The number of alkyl halides is 3. The molecule has 0 bridgehead atoms. The Morgan fingerprint density at radius 1 is 1.00 bits per heavy atom. The molecule has 0 saturated heterocycles. The number of carboxylic acid groups (broad SMARTS) is 1. The van der Waals surface area contributed by atoms with E-state index in [2.05, 4.69) is 0 Å². The van der Waals surface area contributed by atoms with Crippen molar-refractivity contribution < 1.29 is 42.0 Å². The normalized spacial score (nSPS) is 12.3. The lowest BCUT2D eigenvalue weighted by atomic mass is 9.99. The second kappa shape index (κ2) is 9.91. The van der Waals surface area contributed by atoms with E-state index in [-0.39, 0.29) is 11.3 Å². The van der Waals surface area contributed by atoms with Crippen LogP contribution in [0.5, 0.6) is 11.5 Å². The van der Waals surface area contributed by atoms with Crippen LogP contribution < -0.4 is 9.47 Å². The lowest BCUT2D eigenvalue weighted by molar-refractivity contribution is -0.139. The van der Waals surface area contributed by atoms with Gasteiger partial charge in [0, 0.05) is 5.56 Å². The fourth-order valence-electron chi connectivity index (χ4n) is 3.18. The van der Waals surface area contributed by atoms with Gasteiger partial charge in [0.25, 0.3) is 0 Å². The van der Waals surface area contributed by atoms with Crippen molar-refractivity contribution in [2.24, 2.45) is 0 Å². The summed E-state index contributed by atoms with van der Waals surface area (Å²) in [5.41, 5.74) is 0.701. The van der Waals surface area contributed by atoms with E-state index in [1.807, 2.05) is 0 Å². The molecule has 3 aromatic rings. The van der Waals surface area contributed by atoms with Gasteiger partial charge in [-0.05, 0) is 66.1 Å². The van der Waals surface area contributed by atoms with Crippen LogP contribution in [0.4, 0.5) is 17.6 Å². The molecular formula is C24H20F4O5. The molecule has 33 heavy (non-hydrogen) atoms. The number of carbonyl (C=O) groups is 1. The first-order valence-corrected chi connectivity index (χ1v) is 9.78. The highest BCUT2D eigenvalue weighted by Crippen LogP contribution is 2.33. The fourth-order valence-corrected chi connectivity index (χ4v) is 3.18. The van der Waals surface area contributed by atoms with Crippen molar-refractivity contribution in [3.05, 3.63) is 83.2 Å². The second-order valence-electron chi connectivity index (χ2n) is 7.21. The first-order valence-electron chi connectivity index (χ1n) is 9.78. The molecule has 0 saturated carbocycles. The molecule has 0 heterocycles. The summed E-state index contributed by atoms with van der Waals surface area (Å²) in [6, 6.07) is 13.0. The number of halogens is 4. The second-order valence-corrected chi connectivity index (χ2v) is 7.21. The van der Waals surface area contributed by atoms with Crippen LogP contribution in [0.25, 0.3) is 11.1 Å². The Kier molecular flexibility index (Phi) is 7.23. The predicted octanol–water partition coefficient (Wildman–Crippen LogP) is 5.40. The minimum Gasteiger partial charge on any atom is -0.483 e. The highest BCUT2D eigenvalue weighted by atomic mass is 19.4. The van der Waals surface area contributed by atoms with Crippen LogP contribution in [0.3, 0.4) is 0 Å². The SMILES string of the molecule is Cc1cc(OC(CO)c2cc(-c3ccc(C(F)(F)F)cc3)ccc2F)ccc1OCC(=O)O. The Labute approximate surface area is 186 Å². The molecule has 174 valence electrons. The Bertz CT molecular complexity index is 1130. The van der Waals surface area contributed by atoms with Crippen molar-refractivity contribution in [1.29, 1.82) is 0 Å². The van der Waals surface area contributed by atoms with Crippen LogP contribution in [-0.4, -0.2) is 29.4 Å². The van der Waals surface area contributed by atoms with Gasteiger partial charge in [0.2, 0.25) is 0 Å². The highest BCUT2D eigenvalue weighted by Gasteiger charge is 2.30. The van der Waals surface area contributed by atoms with Gasteiger partial charge < -0.3 is 19.7 Å². The third kappa shape index (κ3) is 6.01. The van der Waals surface area contributed by atoms with Gasteiger partial charge in [-0.2, -0.15) is 13.2 Å². The van der Waals surface area contributed by atoms with Gasteiger partial charge in [-0.1, -0.05) is 18.2 Å². The summed E-state index contributed by atoms with van der Waals surface area (Å²) in [4.78, 5) is 10.7. The van der Waals surface area contributed by atoms with E-state index in [0.717, 1.165) is 18.2 Å². The Hall–Kier alpha value is -3.59. The largest absolute Gasteiger partial charge is 0.483 e. The fraction of sp³-hybridized carbons (Fsp3) is 0.208. The first kappa shape index (κ1) is 24.1. The van der Waals surface area contributed by atoms with Crippen LogP contribution in [0.2, 0.25) is 0 Å². The average molecular weight is 464 g/mol. The molecule has 0 aliphatic rings. The number of rotatable bonds is 8. The number of aliphatic carboxylic acids is 1. The van der Waals surface area contributed by atoms with Crippen molar-refractivity contribution in [1.82, 2.24) is 0 Å². The van der Waals surface area contributed by atoms with Crippen molar-refractivity contribution in [3.8, 4) is 22.6 Å². The van der Waals surface area contributed by atoms with E-state index in [1.54, 1.807) is 13.0 Å². The summed E-state index contributed by atoms with van der Waals surface area (Å²) in [5.74, 6) is -1.16. The van der Waals surface area contributed by atoms with Gasteiger partial charge in [-0.3, -0.25) is 0 Å². The van der Waals surface area contributed by atoms with Crippen molar-refractivity contribution in [3.63, 3.8) is 0 Å². The van der Waals surface area contributed by atoms with Gasteiger partial charge in [0.15, 0.2) is 6.61 Å². The van der Waals surface area contributed by atoms with Gasteiger partial charge in [0.1, 0.15) is 23.4 Å². The quantitative estimate of drug-likeness (QED) is 0.437. The van der Waals surface area contributed by atoms with Crippen LogP contribution in [0.1, 0.15) is 22.8 Å². The number of hydrogen-bond donors (Lipinski definition) is 2. The summed E-state index contributed by atoms with van der Waals surface area (Å²) in [7, 11) is 0. The number of aryl methyl sites for hydroxylation is 1. The summed E-state index contributed by atoms with van der Waals surface area (Å²) in [6.45, 7) is 0.593. The molecule has 0 fully saturated rings. The Morgan fingerprint density at radius 2 is 1.67 bits per heavy atom. The molecule has 1 atom stereocenters. The lowest BCUT2D eigenvalue weighted by Gasteiger charge is -2.20. The number of benzene rings is 3. The molecule has 0 aliphatic carbocycles. The van der Waals surface area contributed by atoms with Crippen molar-refractivity contribution in [2.75, 3.05) is 13.2 Å². The maximum Gasteiger partial charge on any atom is 0.416 e. The number of ether oxygens (including phenoxy) is 2. The predicted molar refractivity (Wildman–Crippen MR) is 112 cm³/mol. The molecule has 3 rings (SSSR count). The van der Waals surface area contributed by atoms with Crippen molar-refractivity contribution in [2.45, 2.75) is 19.2 Å². The molecule has 5 nitrogen and oxygen atoms in total. The van der Waals surface area contributed by atoms with Gasteiger partial charge in [-0.25, -0.2) is 9.18 Å². The molecule has 9 heteroatoms. The van der Waals surface area contributed by atoms with Gasteiger partial charge in [-0.15, -0.1) is 0 Å². The number of aliphatic hydroxyl groups excluding tert-OH is 1. The molecule has 0 aliphatic heterocycles. The molecule has 0 aromatic heterocycles. The van der Waals surface area contributed by atoms with Gasteiger partial charge >= 0.3 is 12.1 Å². The van der Waals surface area contributed by atoms with E-state index in [9.17, 15) is 27.5 Å². The smallest absolute Gasteiger partial charge is 0.416 e. The molecule has 0 spiro atoms. The lowest BCUT2D eigenvalue weighted by Crippen LogP contribution is -2.14. The molecular weight excluding hydrogens is 444 g/mol. The third-order valence-electron chi connectivity index (χ3n) is 4.83. The van der Waals surface area contributed by atoms with Crippen LogP contribution >= 0.6 is 0 Å². The van der Waals surface area contributed by atoms with Crippen molar-refractivity contribution >= 4 is 5.97 Å². The zero-order chi connectivity index (χ0) is 24.2. The van der Waals surface area contributed by atoms with E-state index in [4.69, 9.17) is 14.6 Å². The van der Waals surface area contributed by atoms with Crippen LogP contribution in [-0.2, 0) is 11.0 Å². The van der Waals surface area contributed by atoms with E-state index in [1.165, 1.54) is 36.4 Å². The zero-order valence-corrected chi connectivity index (χ0v) is 17.4. The van der Waals surface area contributed by atoms with E-state index in [0.29, 0.717) is 22.4 Å². The monoisotopic (exact) mass is 464 g/mol. The Morgan fingerprint density at radius 3 is 2.24 bits per heavy atom.